The van der Waals surface area contributed by atoms with Crippen molar-refractivity contribution in [2.45, 2.75) is 37.3 Å². The van der Waals surface area contributed by atoms with Crippen molar-refractivity contribution >= 4 is 11.6 Å². The van der Waals surface area contributed by atoms with E-state index in [1.54, 1.807) is 0 Å². The molecule has 2 aromatic rings. The number of fused-ring (bicyclic) bond motifs is 3. The molecule has 1 spiro atoms. The van der Waals surface area contributed by atoms with Crippen molar-refractivity contribution in [3.05, 3.63) is 65.2 Å². The summed E-state index contributed by atoms with van der Waals surface area (Å²) in [7, 11) is 0. The third kappa shape index (κ3) is 1.75. The maximum Gasteiger partial charge on any atom is 0.239 e. The summed E-state index contributed by atoms with van der Waals surface area (Å²) in [6.07, 6.45) is 1.68. The fourth-order valence-electron chi connectivity index (χ4n) is 5.77. The average molecular weight is 368 g/mol. The van der Waals surface area contributed by atoms with Gasteiger partial charge in [-0.3, -0.25) is 9.69 Å². The Morgan fingerprint density at radius 3 is 2.54 bits per heavy atom. The van der Waals surface area contributed by atoms with Gasteiger partial charge < -0.3 is 5.32 Å². The van der Waals surface area contributed by atoms with Gasteiger partial charge in [0.05, 0.1) is 18.2 Å². The summed E-state index contributed by atoms with van der Waals surface area (Å²) in [4.78, 5) is 15.9. The quantitative estimate of drug-likeness (QED) is 0.836. The molecule has 2 aromatic carbocycles. The van der Waals surface area contributed by atoms with Crippen molar-refractivity contribution in [2.24, 2.45) is 5.41 Å². The zero-order chi connectivity index (χ0) is 19.5. The van der Waals surface area contributed by atoms with Gasteiger partial charge in [0.15, 0.2) is 5.41 Å². The fourth-order valence-corrected chi connectivity index (χ4v) is 5.77. The van der Waals surface area contributed by atoms with E-state index in [1.807, 2.05) is 55.5 Å². The molecular formula is C23H20N4O. The first-order chi connectivity index (χ1) is 13.6. The molecule has 2 saturated heterocycles. The van der Waals surface area contributed by atoms with Crippen molar-refractivity contribution < 1.29 is 4.79 Å². The molecule has 3 aliphatic rings. The first-order valence-corrected chi connectivity index (χ1v) is 9.66. The Morgan fingerprint density at radius 2 is 1.82 bits per heavy atom. The molecular weight excluding hydrogens is 348 g/mol. The molecule has 0 saturated carbocycles. The molecule has 0 aromatic heterocycles. The normalized spacial score (nSPS) is 29.8. The van der Waals surface area contributed by atoms with E-state index < -0.39 is 10.8 Å². The Morgan fingerprint density at radius 1 is 1.11 bits per heavy atom. The molecule has 5 nitrogen and oxygen atoms in total. The number of rotatable bonds is 1. The number of amides is 1. The summed E-state index contributed by atoms with van der Waals surface area (Å²) in [6.45, 7) is 2.81. The Balaban J connectivity index is 1.87. The maximum absolute atomic E-state index is 13.6. The molecule has 2 fully saturated rings. The van der Waals surface area contributed by atoms with Gasteiger partial charge in [0.25, 0.3) is 0 Å². The molecule has 3 atom stereocenters. The molecule has 138 valence electrons. The van der Waals surface area contributed by atoms with Gasteiger partial charge >= 0.3 is 0 Å². The fraction of sp³-hybridized carbons (Fsp3) is 0.348. The lowest BCUT2D eigenvalue weighted by molar-refractivity contribution is -0.123. The summed E-state index contributed by atoms with van der Waals surface area (Å²) >= 11 is 0. The number of para-hydroxylation sites is 1. The molecule has 3 aliphatic heterocycles. The number of anilines is 1. The van der Waals surface area contributed by atoms with Crippen LogP contribution in [-0.4, -0.2) is 23.4 Å². The van der Waals surface area contributed by atoms with Crippen LogP contribution in [0, 0.1) is 35.0 Å². The van der Waals surface area contributed by atoms with E-state index in [0.717, 1.165) is 36.1 Å². The van der Waals surface area contributed by atoms with Crippen molar-refractivity contribution in [3.63, 3.8) is 0 Å². The third-order valence-electron chi connectivity index (χ3n) is 6.86. The van der Waals surface area contributed by atoms with E-state index in [-0.39, 0.29) is 18.0 Å². The molecule has 0 aliphatic carbocycles. The van der Waals surface area contributed by atoms with Crippen LogP contribution in [0.1, 0.15) is 35.6 Å². The smallest absolute Gasteiger partial charge is 0.239 e. The van der Waals surface area contributed by atoms with Crippen LogP contribution >= 0.6 is 0 Å². The van der Waals surface area contributed by atoms with Gasteiger partial charge in [-0.05, 0) is 43.5 Å². The summed E-state index contributed by atoms with van der Waals surface area (Å²) in [5.41, 5.74) is 0.917. The second kappa shape index (κ2) is 5.67. The number of carbonyl (C=O) groups excluding carboxylic acids is 1. The van der Waals surface area contributed by atoms with Gasteiger partial charge in [-0.15, -0.1) is 0 Å². The van der Waals surface area contributed by atoms with E-state index in [0.29, 0.717) is 5.69 Å². The van der Waals surface area contributed by atoms with Crippen molar-refractivity contribution in [3.8, 4) is 12.1 Å². The Labute approximate surface area is 164 Å². The molecule has 3 heterocycles. The summed E-state index contributed by atoms with van der Waals surface area (Å²) in [5.74, 6) is -0.239. The predicted octanol–water partition coefficient (Wildman–Crippen LogP) is 3.44. The van der Waals surface area contributed by atoms with Crippen LogP contribution in [0.3, 0.4) is 0 Å². The molecule has 5 rings (SSSR count). The minimum Gasteiger partial charge on any atom is -0.325 e. The van der Waals surface area contributed by atoms with Crippen molar-refractivity contribution in [1.82, 2.24) is 4.90 Å². The summed E-state index contributed by atoms with van der Waals surface area (Å²) in [6, 6.07) is 19.8. The van der Waals surface area contributed by atoms with Crippen LogP contribution in [0.5, 0.6) is 0 Å². The lowest BCUT2D eigenvalue weighted by Crippen LogP contribution is -2.51. The largest absolute Gasteiger partial charge is 0.325 e. The van der Waals surface area contributed by atoms with Crippen molar-refractivity contribution in [2.75, 3.05) is 11.9 Å². The van der Waals surface area contributed by atoms with Crippen LogP contribution < -0.4 is 5.32 Å². The van der Waals surface area contributed by atoms with E-state index in [4.69, 9.17) is 0 Å². The van der Waals surface area contributed by atoms with E-state index >= 15 is 0 Å². The minimum atomic E-state index is -1.43. The second-order valence-corrected chi connectivity index (χ2v) is 8.05. The lowest BCUT2D eigenvalue weighted by atomic mass is 9.57. The first-order valence-electron chi connectivity index (χ1n) is 9.66. The van der Waals surface area contributed by atoms with Gasteiger partial charge in [0.2, 0.25) is 5.91 Å². The number of hydrogen-bond donors (Lipinski definition) is 1. The molecule has 1 amide bonds. The standard InChI is InChI=1S/C23H20N4O/c1-15-8-10-16(11-9-15)20-23(17-5-2-3-6-18(17)26-21(23)28)22(13-24,14-25)19-7-4-12-27(19)20/h2-3,5-6,8-11,19-20H,4,7,12H2,1H3,(H,26,28)/t19?,20-,23-/m0/s1. The number of hydrogen-bond acceptors (Lipinski definition) is 4. The molecule has 28 heavy (non-hydrogen) atoms. The Bertz CT molecular complexity index is 1050. The third-order valence-corrected chi connectivity index (χ3v) is 6.86. The number of aryl methyl sites for hydroxylation is 1. The van der Waals surface area contributed by atoms with E-state index in [2.05, 4.69) is 22.4 Å². The predicted molar refractivity (Wildman–Crippen MR) is 104 cm³/mol. The number of nitrogens with one attached hydrogen (secondary N) is 1. The van der Waals surface area contributed by atoms with Crippen LogP contribution in [0.15, 0.2) is 48.5 Å². The van der Waals surface area contributed by atoms with Gasteiger partial charge in [-0.1, -0.05) is 48.0 Å². The first kappa shape index (κ1) is 17.0. The molecule has 1 unspecified atom stereocenters. The number of benzene rings is 2. The van der Waals surface area contributed by atoms with Gasteiger partial charge in [0, 0.05) is 11.7 Å². The lowest BCUT2D eigenvalue weighted by Gasteiger charge is -2.37. The highest BCUT2D eigenvalue weighted by Gasteiger charge is 2.76. The van der Waals surface area contributed by atoms with Crippen LogP contribution in [0.4, 0.5) is 5.69 Å². The highest BCUT2D eigenvalue weighted by atomic mass is 16.2. The minimum absolute atomic E-state index is 0.239. The van der Waals surface area contributed by atoms with Gasteiger partial charge in [-0.2, -0.15) is 10.5 Å². The zero-order valence-corrected chi connectivity index (χ0v) is 15.6. The average Bonchev–Trinajstić information content (AvgIpc) is 3.36. The second-order valence-electron chi connectivity index (χ2n) is 8.05. The molecule has 1 N–H and O–H groups in total. The Kier molecular flexibility index (Phi) is 3.44. The topological polar surface area (TPSA) is 79.9 Å². The maximum atomic E-state index is 13.6. The molecule has 0 bridgehead atoms. The summed E-state index contributed by atoms with van der Waals surface area (Å²) in [5, 5.41) is 23.7. The zero-order valence-electron chi connectivity index (χ0n) is 15.6. The number of nitrogens with zero attached hydrogens (tertiary/aromatic N) is 3. The monoisotopic (exact) mass is 368 g/mol. The van der Waals surface area contributed by atoms with Crippen molar-refractivity contribution in [1.29, 1.82) is 10.5 Å². The number of carbonyl (C=O) groups is 1. The van der Waals surface area contributed by atoms with E-state index in [1.165, 1.54) is 0 Å². The number of nitriles is 2. The Hall–Kier alpha value is -3.15. The van der Waals surface area contributed by atoms with E-state index in [9.17, 15) is 15.3 Å². The summed E-state index contributed by atoms with van der Waals surface area (Å²) < 4.78 is 0. The van der Waals surface area contributed by atoms with Crippen LogP contribution in [0.25, 0.3) is 0 Å². The highest BCUT2D eigenvalue weighted by Crippen LogP contribution is 2.66. The molecule has 5 heteroatoms. The molecule has 0 radical (unpaired) electrons. The van der Waals surface area contributed by atoms with Gasteiger partial charge in [-0.25, -0.2) is 0 Å². The van der Waals surface area contributed by atoms with Crippen LogP contribution in [0.2, 0.25) is 0 Å². The highest BCUT2D eigenvalue weighted by molar-refractivity contribution is 6.09. The SMILES string of the molecule is Cc1ccc([C@@H]2N3CCCC3C(C#N)(C#N)[C@]23C(=O)Nc2ccccc23)cc1. The van der Waals surface area contributed by atoms with Crippen LogP contribution in [-0.2, 0) is 10.2 Å². The van der Waals surface area contributed by atoms with Gasteiger partial charge in [0.1, 0.15) is 5.41 Å².